The molecule has 1 aliphatic heterocycles. The Morgan fingerprint density at radius 3 is 2.48 bits per heavy atom. The van der Waals surface area contributed by atoms with E-state index in [2.05, 4.69) is 54.5 Å². The van der Waals surface area contributed by atoms with Gasteiger partial charge in [-0.1, -0.05) is 55.5 Å². The summed E-state index contributed by atoms with van der Waals surface area (Å²) in [4.78, 5) is 16.6. The summed E-state index contributed by atoms with van der Waals surface area (Å²) in [5.41, 5.74) is 4.28. The standard InChI is InChI=1S/C23H26N2O2/c1-4-23(3)21-19(16-13-9-10-14-17(16)24-21)18(15-11-7-6-8-12-15)20(25-23)22(26)27-5-2/h6-14,18,20,24-25H,4-5H2,1-3H3/t18-,20-,23-/m1/s1. The Kier molecular flexibility index (Phi) is 4.52. The topological polar surface area (TPSA) is 54.1 Å². The first-order chi connectivity index (χ1) is 13.1. The molecule has 2 N–H and O–H groups in total. The van der Waals surface area contributed by atoms with Crippen molar-refractivity contribution in [2.45, 2.75) is 44.7 Å². The number of carbonyl (C=O) groups excluding carboxylic acids is 1. The molecule has 4 heteroatoms. The van der Waals surface area contributed by atoms with Gasteiger partial charge in [-0.05, 0) is 37.5 Å². The Labute approximate surface area is 159 Å². The summed E-state index contributed by atoms with van der Waals surface area (Å²) in [7, 11) is 0. The van der Waals surface area contributed by atoms with E-state index in [9.17, 15) is 4.79 Å². The lowest BCUT2D eigenvalue weighted by Gasteiger charge is -2.43. The first-order valence-corrected chi connectivity index (χ1v) is 9.69. The highest BCUT2D eigenvalue weighted by Gasteiger charge is 2.46. The molecule has 4 rings (SSSR count). The molecule has 1 aromatic heterocycles. The Bertz CT molecular complexity index is 963. The van der Waals surface area contributed by atoms with Crippen molar-refractivity contribution in [2.24, 2.45) is 0 Å². The monoisotopic (exact) mass is 362 g/mol. The van der Waals surface area contributed by atoms with Crippen LogP contribution >= 0.6 is 0 Å². The second kappa shape index (κ2) is 6.86. The van der Waals surface area contributed by atoms with E-state index in [1.54, 1.807) is 0 Å². The molecule has 4 nitrogen and oxygen atoms in total. The van der Waals surface area contributed by atoms with Crippen LogP contribution in [0.2, 0.25) is 0 Å². The van der Waals surface area contributed by atoms with Crippen molar-refractivity contribution in [3.05, 3.63) is 71.4 Å². The normalized spacial score (nSPS) is 24.6. The molecule has 3 atom stereocenters. The maximum atomic E-state index is 13.0. The summed E-state index contributed by atoms with van der Waals surface area (Å²) < 4.78 is 5.46. The van der Waals surface area contributed by atoms with E-state index in [4.69, 9.17) is 4.74 Å². The fraction of sp³-hybridized carbons (Fsp3) is 0.348. The lowest BCUT2D eigenvalue weighted by Crippen LogP contribution is -2.56. The van der Waals surface area contributed by atoms with Crippen molar-refractivity contribution in [2.75, 3.05) is 6.61 Å². The van der Waals surface area contributed by atoms with Crippen molar-refractivity contribution in [1.82, 2.24) is 10.3 Å². The summed E-state index contributed by atoms with van der Waals surface area (Å²) in [5.74, 6) is -0.294. The molecule has 2 aromatic carbocycles. The van der Waals surface area contributed by atoms with Gasteiger partial charge >= 0.3 is 5.97 Å². The van der Waals surface area contributed by atoms with E-state index in [0.717, 1.165) is 17.5 Å². The van der Waals surface area contributed by atoms with E-state index in [1.165, 1.54) is 16.6 Å². The molecular formula is C23H26N2O2. The maximum Gasteiger partial charge on any atom is 0.324 e. The molecule has 27 heavy (non-hydrogen) atoms. The number of H-pyrrole nitrogens is 1. The number of ether oxygens (including phenoxy) is 1. The second-order valence-corrected chi connectivity index (χ2v) is 7.41. The molecule has 0 amide bonds. The van der Waals surface area contributed by atoms with Gasteiger partial charge in [0.15, 0.2) is 0 Å². The van der Waals surface area contributed by atoms with Crippen molar-refractivity contribution in [1.29, 1.82) is 0 Å². The highest BCUT2D eigenvalue weighted by molar-refractivity contribution is 5.89. The van der Waals surface area contributed by atoms with Gasteiger partial charge < -0.3 is 9.72 Å². The van der Waals surface area contributed by atoms with Gasteiger partial charge in [0, 0.05) is 22.5 Å². The third kappa shape index (κ3) is 2.85. The van der Waals surface area contributed by atoms with Gasteiger partial charge in [-0.3, -0.25) is 10.1 Å². The minimum absolute atomic E-state index is 0.101. The fourth-order valence-electron chi connectivity index (χ4n) is 4.31. The first kappa shape index (κ1) is 17.8. The second-order valence-electron chi connectivity index (χ2n) is 7.41. The van der Waals surface area contributed by atoms with E-state index < -0.39 is 6.04 Å². The number of aromatic amines is 1. The molecule has 2 heterocycles. The van der Waals surface area contributed by atoms with Crippen LogP contribution in [0.1, 0.15) is 49.9 Å². The number of benzene rings is 2. The van der Waals surface area contributed by atoms with Crippen LogP contribution in [0.15, 0.2) is 54.6 Å². The highest BCUT2D eigenvalue weighted by Crippen LogP contribution is 2.45. The number of carbonyl (C=O) groups is 1. The third-order valence-corrected chi connectivity index (χ3v) is 5.82. The van der Waals surface area contributed by atoms with Crippen molar-refractivity contribution in [3.63, 3.8) is 0 Å². The minimum atomic E-state index is -0.427. The van der Waals surface area contributed by atoms with Gasteiger partial charge in [-0.15, -0.1) is 0 Å². The Morgan fingerprint density at radius 2 is 1.78 bits per heavy atom. The zero-order chi connectivity index (χ0) is 19.0. The summed E-state index contributed by atoms with van der Waals surface area (Å²) in [6.07, 6.45) is 0.865. The number of hydrogen-bond donors (Lipinski definition) is 2. The summed E-state index contributed by atoms with van der Waals surface area (Å²) >= 11 is 0. The highest BCUT2D eigenvalue weighted by atomic mass is 16.5. The fourth-order valence-corrected chi connectivity index (χ4v) is 4.31. The summed E-state index contributed by atoms with van der Waals surface area (Å²) in [6, 6.07) is 18.2. The number of hydrogen-bond acceptors (Lipinski definition) is 3. The van der Waals surface area contributed by atoms with Gasteiger partial charge in [-0.25, -0.2) is 0 Å². The Balaban J connectivity index is 2.00. The Morgan fingerprint density at radius 1 is 1.07 bits per heavy atom. The molecule has 0 fully saturated rings. The van der Waals surface area contributed by atoms with Gasteiger partial charge in [0.05, 0.1) is 12.1 Å². The Hall–Kier alpha value is -2.59. The van der Waals surface area contributed by atoms with Crippen LogP contribution < -0.4 is 5.32 Å². The zero-order valence-corrected chi connectivity index (χ0v) is 16.1. The molecule has 140 valence electrons. The molecule has 0 unspecified atom stereocenters. The maximum absolute atomic E-state index is 13.0. The van der Waals surface area contributed by atoms with Gasteiger partial charge in [0.2, 0.25) is 0 Å². The molecular weight excluding hydrogens is 336 g/mol. The number of esters is 1. The summed E-state index contributed by atoms with van der Waals surface area (Å²) in [5, 5.41) is 4.80. The van der Waals surface area contributed by atoms with E-state index in [-0.39, 0.29) is 17.4 Å². The molecule has 0 saturated carbocycles. The van der Waals surface area contributed by atoms with Crippen LogP contribution in [0, 0.1) is 0 Å². The van der Waals surface area contributed by atoms with Crippen molar-refractivity contribution in [3.8, 4) is 0 Å². The van der Waals surface area contributed by atoms with Crippen LogP contribution in [0.25, 0.3) is 10.9 Å². The van der Waals surface area contributed by atoms with Gasteiger partial charge in [0.25, 0.3) is 0 Å². The van der Waals surface area contributed by atoms with E-state index in [1.807, 2.05) is 31.2 Å². The predicted molar refractivity (Wildman–Crippen MR) is 108 cm³/mol. The van der Waals surface area contributed by atoms with Crippen LogP contribution in [-0.2, 0) is 15.1 Å². The number of para-hydroxylation sites is 1. The zero-order valence-electron chi connectivity index (χ0n) is 16.1. The van der Waals surface area contributed by atoms with E-state index in [0.29, 0.717) is 6.61 Å². The lowest BCUT2D eigenvalue weighted by atomic mass is 9.74. The number of fused-ring (bicyclic) bond motifs is 3. The molecule has 0 radical (unpaired) electrons. The quantitative estimate of drug-likeness (QED) is 0.674. The summed E-state index contributed by atoms with van der Waals surface area (Å²) in [6.45, 7) is 6.54. The average molecular weight is 362 g/mol. The van der Waals surface area contributed by atoms with Crippen LogP contribution in [0.3, 0.4) is 0 Å². The van der Waals surface area contributed by atoms with Crippen LogP contribution in [0.5, 0.6) is 0 Å². The molecule has 0 bridgehead atoms. The lowest BCUT2D eigenvalue weighted by molar-refractivity contribution is -0.147. The number of aromatic nitrogens is 1. The SMILES string of the molecule is CCOC(=O)[C@@H]1N[C@](C)(CC)c2[nH]c3ccccc3c2[C@H]1c1ccccc1. The largest absolute Gasteiger partial charge is 0.465 e. The molecule has 1 aliphatic rings. The van der Waals surface area contributed by atoms with E-state index >= 15 is 0 Å². The molecule has 0 aliphatic carbocycles. The van der Waals surface area contributed by atoms with Crippen LogP contribution in [0.4, 0.5) is 0 Å². The van der Waals surface area contributed by atoms with Crippen LogP contribution in [-0.4, -0.2) is 23.6 Å². The van der Waals surface area contributed by atoms with Gasteiger partial charge in [-0.2, -0.15) is 0 Å². The molecule has 3 aromatic rings. The van der Waals surface area contributed by atoms with Crippen molar-refractivity contribution >= 4 is 16.9 Å². The molecule has 0 saturated heterocycles. The number of nitrogens with one attached hydrogen (secondary N) is 2. The van der Waals surface area contributed by atoms with Crippen molar-refractivity contribution < 1.29 is 9.53 Å². The molecule has 0 spiro atoms. The third-order valence-electron chi connectivity index (χ3n) is 5.82. The smallest absolute Gasteiger partial charge is 0.324 e. The predicted octanol–water partition coefficient (Wildman–Crippen LogP) is 4.46. The minimum Gasteiger partial charge on any atom is -0.465 e. The first-order valence-electron chi connectivity index (χ1n) is 9.69. The number of rotatable bonds is 4. The average Bonchev–Trinajstić information content (AvgIpc) is 3.09. The van der Waals surface area contributed by atoms with Gasteiger partial charge in [0.1, 0.15) is 6.04 Å².